The Morgan fingerprint density at radius 1 is 1.33 bits per heavy atom. The average Bonchev–Trinajstić information content (AvgIpc) is 3.07. The molecule has 1 saturated heterocycles. The van der Waals surface area contributed by atoms with Crippen LogP contribution in [0.1, 0.15) is 40.5 Å². The maximum absolute atomic E-state index is 12.6. The van der Waals surface area contributed by atoms with Crippen LogP contribution >= 0.6 is 22.6 Å². The second-order valence-corrected chi connectivity index (χ2v) is 9.33. The normalized spacial score (nSPS) is 38.0. The van der Waals surface area contributed by atoms with E-state index in [1.807, 2.05) is 29.5 Å². The van der Waals surface area contributed by atoms with Crippen molar-refractivity contribution in [2.24, 2.45) is 23.7 Å². The van der Waals surface area contributed by atoms with Gasteiger partial charge in [-0.15, -0.1) is 0 Å². The maximum atomic E-state index is 12.6. The highest BCUT2D eigenvalue weighted by Gasteiger charge is 2.70. The second-order valence-electron chi connectivity index (χ2n) is 7.83. The van der Waals surface area contributed by atoms with E-state index in [4.69, 9.17) is 14.2 Å². The molecular formula is C17H23IO6. The molecule has 0 amide bonds. The molecule has 0 aromatic rings. The van der Waals surface area contributed by atoms with Crippen molar-refractivity contribution in [1.82, 2.24) is 0 Å². The van der Waals surface area contributed by atoms with Crippen molar-refractivity contribution in [3.63, 3.8) is 0 Å². The molecule has 3 fully saturated rings. The van der Waals surface area contributed by atoms with Gasteiger partial charge < -0.3 is 14.2 Å². The lowest BCUT2D eigenvalue weighted by Crippen LogP contribution is -2.45. The molecule has 3 rings (SSSR count). The zero-order valence-corrected chi connectivity index (χ0v) is 16.4. The van der Waals surface area contributed by atoms with Crippen molar-refractivity contribution in [2.45, 2.75) is 62.3 Å². The highest BCUT2D eigenvalue weighted by atomic mass is 127. The Morgan fingerprint density at radius 2 is 2.00 bits per heavy atom. The first kappa shape index (κ1) is 17.9. The molecular weight excluding hydrogens is 427 g/mol. The summed E-state index contributed by atoms with van der Waals surface area (Å²) in [5.41, 5.74) is -0.623. The number of halogens is 1. The molecule has 1 aliphatic heterocycles. The summed E-state index contributed by atoms with van der Waals surface area (Å²) in [6, 6.07) is 0. The SMILES string of the molecule is CCC(I)C(=O)OC1C2CC3C1OC(=O)C3C2C(=O)OC(C)(C)C. The summed E-state index contributed by atoms with van der Waals surface area (Å²) >= 11 is 2.04. The van der Waals surface area contributed by atoms with Crippen molar-refractivity contribution in [1.29, 1.82) is 0 Å². The largest absolute Gasteiger partial charge is 0.460 e. The van der Waals surface area contributed by atoms with Crippen LogP contribution in [0.2, 0.25) is 0 Å². The summed E-state index contributed by atoms with van der Waals surface area (Å²) in [5, 5.41) is 0. The molecule has 6 nitrogen and oxygen atoms in total. The second kappa shape index (κ2) is 6.14. The summed E-state index contributed by atoms with van der Waals surface area (Å²) in [7, 11) is 0. The average molecular weight is 450 g/mol. The van der Waals surface area contributed by atoms with E-state index in [1.54, 1.807) is 20.8 Å². The molecule has 2 saturated carbocycles. The van der Waals surface area contributed by atoms with Crippen molar-refractivity contribution >= 4 is 40.5 Å². The zero-order valence-electron chi connectivity index (χ0n) is 14.3. The third-order valence-electron chi connectivity index (χ3n) is 5.09. The van der Waals surface area contributed by atoms with E-state index in [0.29, 0.717) is 12.8 Å². The summed E-state index contributed by atoms with van der Waals surface area (Å²) in [5.74, 6) is -2.33. The molecule has 3 aliphatic rings. The summed E-state index contributed by atoms with van der Waals surface area (Å²) in [4.78, 5) is 37.0. The zero-order chi connectivity index (χ0) is 17.8. The van der Waals surface area contributed by atoms with Crippen molar-refractivity contribution in [3.05, 3.63) is 0 Å². The molecule has 0 spiro atoms. The van der Waals surface area contributed by atoms with Gasteiger partial charge in [0.25, 0.3) is 0 Å². The summed E-state index contributed by atoms with van der Waals surface area (Å²) in [6.45, 7) is 7.31. The molecule has 2 bridgehead atoms. The highest BCUT2D eigenvalue weighted by Crippen LogP contribution is 2.59. The van der Waals surface area contributed by atoms with Crippen LogP contribution in [0.3, 0.4) is 0 Å². The van der Waals surface area contributed by atoms with Gasteiger partial charge in [-0.25, -0.2) is 0 Å². The maximum Gasteiger partial charge on any atom is 0.319 e. The fraction of sp³-hybridized carbons (Fsp3) is 0.824. The Bertz CT molecular complexity index is 568. The first-order valence-electron chi connectivity index (χ1n) is 8.42. The minimum absolute atomic E-state index is 0.0490. The Balaban J connectivity index is 1.81. The van der Waals surface area contributed by atoms with Gasteiger partial charge in [0.05, 0.1) is 11.8 Å². The van der Waals surface area contributed by atoms with E-state index in [2.05, 4.69) is 0 Å². The molecule has 2 aliphatic carbocycles. The number of carbonyl (C=O) groups is 3. The van der Waals surface area contributed by atoms with Crippen LogP contribution in [-0.4, -0.2) is 39.6 Å². The Hall–Kier alpha value is -0.860. The third-order valence-corrected chi connectivity index (χ3v) is 6.48. The van der Waals surface area contributed by atoms with Gasteiger partial charge >= 0.3 is 17.9 Å². The molecule has 0 N–H and O–H groups in total. The van der Waals surface area contributed by atoms with Gasteiger partial charge in [-0.05, 0) is 33.6 Å². The minimum Gasteiger partial charge on any atom is -0.460 e. The van der Waals surface area contributed by atoms with Crippen molar-refractivity contribution in [3.8, 4) is 0 Å². The number of rotatable bonds is 4. The summed E-state index contributed by atoms with van der Waals surface area (Å²) in [6.07, 6.45) is 0.395. The number of hydrogen-bond acceptors (Lipinski definition) is 6. The summed E-state index contributed by atoms with van der Waals surface area (Å²) < 4.78 is 16.4. The van der Waals surface area contributed by atoms with Crippen LogP contribution < -0.4 is 0 Å². The highest BCUT2D eigenvalue weighted by molar-refractivity contribution is 14.1. The van der Waals surface area contributed by atoms with Crippen LogP contribution in [0.25, 0.3) is 0 Å². The van der Waals surface area contributed by atoms with Crippen LogP contribution in [-0.2, 0) is 28.6 Å². The van der Waals surface area contributed by atoms with Gasteiger partial charge in [-0.2, -0.15) is 0 Å². The first-order chi connectivity index (χ1) is 11.1. The lowest BCUT2D eigenvalue weighted by atomic mass is 9.78. The predicted octanol–water partition coefficient (Wildman–Crippen LogP) is 2.26. The van der Waals surface area contributed by atoms with E-state index in [9.17, 15) is 14.4 Å². The molecule has 1 heterocycles. The quantitative estimate of drug-likeness (QED) is 0.283. The molecule has 0 aromatic carbocycles. The Labute approximate surface area is 155 Å². The number of fused-ring (bicyclic) bond motifs is 1. The van der Waals surface area contributed by atoms with Crippen molar-refractivity contribution in [2.75, 3.05) is 0 Å². The van der Waals surface area contributed by atoms with Crippen LogP contribution in [0.15, 0.2) is 0 Å². The number of ether oxygens (including phenoxy) is 3. The Kier molecular flexibility index (Phi) is 4.59. The molecule has 0 radical (unpaired) electrons. The Morgan fingerprint density at radius 3 is 2.58 bits per heavy atom. The number of carbonyl (C=O) groups excluding carboxylic acids is 3. The lowest BCUT2D eigenvalue weighted by molar-refractivity contribution is -0.171. The van der Waals surface area contributed by atoms with Gasteiger partial charge in [-0.1, -0.05) is 29.5 Å². The van der Waals surface area contributed by atoms with Crippen LogP contribution in [0, 0.1) is 23.7 Å². The van der Waals surface area contributed by atoms with E-state index in [1.165, 1.54) is 0 Å². The number of alkyl halides is 1. The third kappa shape index (κ3) is 2.93. The number of hydrogen-bond donors (Lipinski definition) is 0. The predicted molar refractivity (Wildman–Crippen MR) is 92.3 cm³/mol. The van der Waals surface area contributed by atoms with Gasteiger partial charge in [0.1, 0.15) is 21.7 Å². The minimum atomic E-state index is -0.623. The molecule has 7 unspecified atom stereocenters. The van der Waals surface area contributed by atoms with E-state index in [0.717, 1.165) is 0 Å². The van der Waals surface area contributed by atoms with Gasteiger partial charge in [0, 0.05) is 11.8 Å². The smallest absolute Gasteiger partial charge is 0.319 e. The fourth-order valence-corrected chi connectivity index (χ4v) is 4.36. The van der Waals surface area contributed by atoms with E-state index >= 15 is 0 Å². The first-order valence-corrected chi connectivity index (χ1v) is 9.66. The molecule has 134 valence electrons. The molecule has 24 heavy (non-hydrogen) atoms. The monoisotopic (exact) mass is 450 g/mol. The van der Waals surface area contributed by atoms with Crippen molar-refractivity contribution < 1.29 is 28.6 Å². The lowest BCUT2D eigenvalue weighted by Gasteiger charge is -2.32. The fourth-order valence-electron chi connectivity index (χ4n) is 4.21. The van der Waals surface area contributed by atoms with Gasteiger partial charge in [0.15, 0.2) is 0 Å². The standard InChI is InChI=1S/C17H23IO6/c1-5-9(18)14(19)22-12-8-6-7-10(15(20)23-13(7)12)11(8)16(21)24-17(2,3)4/h7-13H,5-6H2,1-4H3. The van der Waals surface area contributed by atoms with Gasteiger partial charge in [0.2, 0.25) is 0 Å². The molecule has 7 atom stereocenters. The topological polar surface area (TPSA) is 78.9 Å². The molecule has 0 aromatic heterocycles. The van der Waals surface area contributed by atoms with E-state index < -0.39 is 29.6 Å². The van der Waals surface area contributed by atoms with Crippen LogP contribution in [0.5, 0.6) is 0 Å². The molecule has 7 heteroatoms. The van der Waals surface area contributed by atoms with Crippen LogP contribution in [0.4, 0.5) is 0 Å². The van der Waals surface area contributed by atoms with E-state index in [-0.39, 0.29) is 33.7 Å². The number of esters is 3. The van der Waals surface area contributed by atoms with Gasteiger partial charge in [-0.3, -0.25) is 14.4 Å².